The van der Waals surface area contributed by atoms with Gasteiger partial charge in [0.2, 0.25) is 0 Å². The lowest BCUT2D eigenvalue weighted by molar-refractivity contribution is 0.0205. The standard InChI is InChI=1S/C12H15FO3/c1-7(14)8-4-11-10(5-9(8)13)15-6-12(2,3)16-11/h4-5,7,14H,6H2,1-3H3. The highest BCUT2D eigenvalue weighted by Crippen LogP contribution is 2.38. The van der Waals surface area contributed by atoms with Crippen LogP contribution in [0.1, 0.15) is 32.4 Å². The molecule has 0 fully saturated rings. The predicted octanol–water partition coefficient (Wildman–Crippen LogP) is 2.43. The Bertz CT molecular complexity index is 413. The van der Waals surface area contributed by atoms with E-state index in [0.717, 1.165) is 0 Å². The van der Waals surface area contributed by atoms with Crippen molar-refractivity contribution < 1.29 is 19.0 Å². The van der Waals surface area contributed by atoms with E-state index in [1.165, 1.54) is 19.1 Å². The molecule has 1 unspecified atom stereocenters. The van der Waals surface area contributed by atoms with Gasteiger partial charge >= 0.3 is 0 Å². The first-order chi connectivity index (χ1) is 7.39. The third-order valence-electron chi connectivity index (χ3n) is 2.47. The second kappa shape index (κ2) is 3.63. The van der Waals surface area contributed by atoms with E-state index >= 15 is 0 Å². The molecule has 0 radical (unpaired) electrons. The monoisotopic (exact) mass is 226 g/mol. The smallest absolute Gasteiger partial charge is 0.164 e. The van der Waals surface area contributed by atoms with Crippen LogP contribution in [0.2, 0.25) is 0 Å². The van der Waals surface area contributed by atoms with E-state index in [9.17, 15) is 9.50 Å². The highest BCUT2D eigenvalue weighted by Gasteiger charge is 2.29. The molecule has 2 rings (SSSR count). The SMILES string of the molecule is CC(O)c1cc2c(cc1F)OCC(C)(C)O2. The minimum Gasteiger partial charge on any atom is -0.485 e. The van der Waals surface area contributed by atoms with E-state index in [1.807, 2.05) is 13.8 Å². The van der Waals surface area contributed by atoms with Gasteiger partial charge in [-0.3, -0.25) is 0 Å². The molecular weight excluding hydrogens is 211 g/mol. The van der Waals surface area contributed by atoms with Crippen molar-refractivity contribution in [3.63, 3.8) is 0 Å². The molecule has 0 bridgehead atoms. The number of benzene rings is 1. The summed E-state index contributed by atoms with van der Waals surface area (Å²) < 4.78 is 24.6. The molecular formula is C12H15FO3. The van der Waals surface area contributed by atoms with Crippen molar-refractivity contribution in [1.29, 1.82) is 0 Å². The first kappa shape index (κ1) is 11.2. The van der Waals surface area contributed by atoms with Gasteiger partial charge in [-0.1, -0.05) is 0 Å². The first-order valence-corrected chi connectivity index (χ1v) is 5.22. The Kier molecular flexibility index (Phi) is 2.54. The molecule has 1 aliphatic rings. The molecule has 1 aliphatic heterocycles. The second-order valence-corrected chi connectivity index (χ2v) is 4.65. The Morgan fingerprint density at radius 2 is 2.06 bits per heavy atom. The third kappa shape index (κ3) is 1.97. The summed E-state index contributed by atoms with van der Waals surface area (Å²) in [6, 6.07) is 2.75. The Balaban J connectivity index is 2.44. The van der Waals surface area contributed by atoms with E-state index in [2.05, 4.69) is 0 Å². The van der Waals surface area contributed by atoms with Crippen LogP contribution in [0.15, 0.2) is 12.1 Å². The maximum atomic E-state index is 13.5. The average molecular weight is 226 g/mol. The van der Waals surface area contributed by atoms with Gasteiger partial charge in [-0.2, -0.15) is 0 Å². The lowest BCUT2D eigenvalue weighted by atomic mass is 10.1. The molecule has 0 saturated carbocycles. The van der Waals surface area contributed by atoms with Crippen LogP contribution in [0.3, 0.4) is 0 Å². The number of aliphatic hydroxyl groups excluding tert-OH is 1. The van der Waals surface area contributed by atoms with Gasteiger partial charge < -0.3 is 14.6 Å². The molecule has 88 valence electrons. The normalized spacial score (nSPS) is 19.3. The zero-order valence-electron chi connectivity index (χ0n) is 9.58. The van der Waals surface area contributed by atoms with Gasteiger partial charge in [-0.05, 0) is 26.8 Å². The molecule has 0 amide bonds. The molecule has 4 heteroatoms. The van der Waals surface area contributed by atoms with Crippen LogP contribution in [0.5, 0.6) is 11.5 Å². The molecule has 0 spiro atoms. The Morgan fingerprint density at radius 1 is 1.38 bits per heavy atom. The molecule has 0 saturated heterocycles. The Labute approximate surface area is 93.8 Å². The fraction of sp³-hybridized carbons (Fsp3) is 0.500. The largest absolute Gasteiger partial charge is 0.485 e. The molecule has 1 aromatic rings. The van der Waals surface area contributed by atoms with Crippen LogP contribution in [0.25, 0.3) is 0 Å². The van der Waals surface area contributed by atoms with Crippen molar-refractivity contribution in [3.8, 4) is 11.5 Å². The number of hydrogen-bond donors (Lipinski definition) is 1. The van der Waals surface area contributed by atoms with Crippen molar-refractivity contribution in [2.45, 2.75) is 32.5 Å². The number of halogens is 1. The zero-order valence-corrected chi connectivity index (χ0v) is 9.58. The van der Waals surface area contributed by atoms with E-state index < -0.39 is 17.5 Å². The van der Waals surface area contributed by atoms with Gasteiger partial charge in [0.25, 0.3) is 0 Å². The molecule has 0 aliphatic carbocycles. The summed E-state index contributed by atoms with van der Waals surface area (Å²) in [4.78, 5) is 0. The third-order valence-corrected chi connectivity index (χ3v) is 2.47. The summed E-state index contributed by atoms with van der Waals surface area (Å²) in [5.74, 6) is 0.395. The molecule has 3 nitrogen and oxygen atoms in total. The quantitative estimate of drug-likeness (QED) is 0.799. The summed E-state index contributed by atoms with van der Waals surface area (Å²) in [6.45, 7) is 5.68. The topological polar surface area (TPSA) is 38.7 Å². The van der Waals surface area contributed by atoms with E-state index in [0.29, 0.717) is 18.1 Å². The van der Waals surface area contributed by atoms with Crippen LogP contribution >= 0.6 is 0 Å². The van der Waals surface area contributed by atoms with Gasteiger partial charge in [0.05, 0.1) is 6.10 Å². The van der Waals surface area contributed by atoms with Crippen LogP contribution < -0.4 is 9.47 Å². The van der Waals surface area contributed by atoms with Gasteiger partial charge in [0, 0.05) is 11.6 Å². The molecule has 1 heterocycles. The summed E-state index contributed by atoms with van der Waals surface area (Å²) in [5.41, 5.74) is -0.207. The molecule has 1 N–H and O–H groups in total. The van der Waals surface area contributed by atoms with Crippen molar-refractivity contribution in [3.05, 3.63) is 23.5 Å². The van der Waals surface area contributed by atoms with Crippen LogP contribution in [-0.2, 0) is 0 Å². The van der Waals surface area contributed by atoms with Gasteiger partial charge in [-0.25, -0.2) is 4.39 Å². The second-order valence-electron chi connectivity index (χ2n) is 4.65. The van der Waals surface area contributed by atoms with Gasteiger partial charge in [0.15, 0.2) is 11.5 Å². The maximum absolute atomic E-state index is 13.5. The van der Waals surface area contributed by atoms with E-state index in [-0.39, 0.29) is 5.56 Å². The molecule has 0 aromatic heterocycles. The van der Waals surface area contributed by atoms with Crippen LogP contribution in [-0.4, -0.2) is 17.3 Å². The van der Waals surface area contributed by atoms with E-state index in [1.54, 1.807) is 0 Å². The highest BCUT2D eigenvalue weighted by molar-refractivity contribution is 5.45. The van der Waals surface area contributed by atoms with Crippen molar-refractivity contribution in [1.82, 2.24) is 0 Å². The van der Waals surface area contributed by atoms with Gasteiger partial charge in [-0.15, -0.1) is 0 Å². The Morgan fingerprint density at radius 3 is 2.69 bits per heavy atom. The number of rotatable bonds is 1. The summed E-state index contributed by atoms with van der Waals surface area (Å²) in [6.07, 6.45) is -0.862. The van der Waals surface area contributed by atoms with Crippen molar-refractivity contribution >= 4 is 0 Å². The maximum Gasteiger partial charge on any atom is 0.164 e. The lowest BCUT2D eigenvalue weighted by Crippen LogP contribution is -2.38. The van der Waals surface area contributed by atoms with Crippen molar-refractivity contribution in [2.24, 2.45) is 0 Å². The Hall–Kier alpha value is -1.29. The lowest BCUT2D eigenvalue weighted by Gasteiger charge is -2.32. The minimum absolute atomic E-state index is 0.222. The van der Waals surface area contributed by atoms with Crippen LogP contribution in [0.4, 0.5) is 4.39 Å². The summed E-state index contributed by atoms with van der Waals surface area (Å²) in [5, 5.41) is 9.40. The highest BCUT2D eigenvalue weighted by atomic mass is 19.1. The zero-order chi connectivity index (χ0) is 11.9. The van der Waals surface area contributed by atoms with Crippen molar-refractivity contribution in [2.75, 3.05) is 6.61 Å². The number of hydrogen-bond acceptors (Lipinski definition) is 3. The fourth-order valence-corrected chi connectivity index (χ4v) is 1.64. The number of ether oxygens (including phenoxy) is 2. The average Bonchev–Trinajstić information content (AvgIpc) is 2.16. The number of fused-ring (bicyclic) bond motifs is 1. The molecule has 1 aromatic carbocycles. The summed E-state index contributed by atoms with van der Waals surface area (Å²) in [7, 11) is 0. The van der Waals surface area contributed by atoms with Crippen LogP contribution in [0, 0.1) is 5.82 Å². The fourth-order valence-electron chi connectivity index (χ4n) is 1.64. The molecule has 16 heavy (non-hydrogen) atoms. The number of aliphatic hydroxyl groups is 1. The molecule has 1 atom stereocenters. The minimum atomic E-state index is -0.862. The predicted molar refractivity (Wildman–Crippen MR) is 57.2 cm³/mol. The summed E-state index contributed by atoms with van der Waals surface area (Å²) >= 11 is 0. The first-order valence-electron chi connectivity index (χ1n) is 5.22. The van der Waals surface area contributed by atoms with E-state index in [4.69, 9.17) is 9.47 Å². The van der Waals surface area contributed by atoms with Gasteiger partial charge in [0.1, 0.15) is 18.0 Å².